The molecule has 0 aromatic heterocycles. The number of hydrogen-bond acceptors (Lipinski definition) is 3. The quantitative estimate of drug-likeness (QED) is 0.857. The minimum absolute atomic E-state index is 0.0130. The van der Waals surface area contributed by atoms with Gasteiger partial charge in [-0.15, -0.1) is 0 Å². The Bertz CT molecular complexity index is 384. The van der Waals surface area contributed by atoms with Crippen LogP contribution in [0.4, 0.5) is 0 Å². The predicted octanol–water partition coefficient (Wildman–Crippen LogP) is 1.13. The van der Waals surface area contributed by atoms with Gasteiger partial charge in [-0.3, -0.25) is 9.69 Å². The summed E-state index contributed by atoms with van der Waals surface area (Å²) in [4.78, 5) is 13.3. The fraction of sp³-hybridized carbons (Fsp3) is 0.417. The van der Waals surface area contributed by atoms with Crippen LogP contribution in [0.1, 0.15) is 11.6 Å². The number of rotatable bonds is 5. The molecule has 1 unspecified atom stereocenters. The van der Waals surface area contributed by atoms with Crippen LogP contribution in [-0.4, -0.2) is 38.0 Å². The predicted molar refractivity (Wildman–Crippen MR) is 72.6 cm³/mol. The van der Waals surface area contributed by atoms with Gasteiger partial charge in [-0.05, 0) is 24.7 Å². The molecule has 1 atom stereocenters. The number of carbonyl (C=O) groups excluding carboxylic acids is 1. The van der Waals surface area contributed by atoms with Crippen LogP contribution < -0.4 is 11.1 Å². The number of nitrogens with two attached hydrogens (primary N) is 1. The largest absolute Gasteiger partial charge is 0.358 e. The highest BCUT2D eigenvalue weighted by Crippen LogP contribution is 2.21. The first-order valence-corrected chi connectivity index (χ1v) is 6.24. The second kappa shape index (κ2) is 6.74. The second-order valence-electron chi connectivity index (χ2n) is 3.89. The van der Waals surface area contributed by atoms with Crippen molar-refractivity contribution in [3.05, 3.63) is 34.3 Å². The molecule has 5 heteroatoms. The van der Waals surface area contributed by atoms with Gasteiger partial charge in [-0.1, -0.05) is 28.1 Å². The van der Waals surface area contributed by atoms with Crippen molar-refractivity contribution in [2.75, 3.05) is 27.2 Å². The highest BCUT2D eigenvalue weighted by atomic mass is 79.9. The lowest BCUT2D eigenvalue weighted by Crippen LogP contribution is -2.38. The van der Waals surface area contributed by atoms with E-state index in [0.717, 1.165) is 10.0 Å². The first kappa shape index (κ1) is 14.2. The van der Waals surface area contributed by atoms with Gasteiger partial charge in [0, 0.05) is 24.1 Å². The maximum absolute atomic E-state index is 11.3. The summed E-state index contributed by atoms with van der Waals surface area (Å²) < 4.78 is 1.02. The average molecular weight is 300 g/mol. The molecule has 0 heterocycles. The third-order valence-electron chi connectivity index (χ3n) is 2.66. The van der Waals surface area contributed by atoms with Crippen molar-refractivity contribution < 1.29 is 4.79 Å². The van der Waals surface area contributed by atoms with E-state index < -0.39 is 0 Å². The van der Waals surface area contributed by atoms with Crippen LogP contribution in [-0.2, 0) is 4.79 Å². The number of hydrogen-bond donors (Lipinski definition) is 2. The summed E-state index contributed by atoms with van der Waals surface area (Å²) in [6.07, 6.45) is 0. The van der Waals surface area contributed by atoms with Crippen LogP contribution in [0.15, 0.2) is 28.7 Å². The van der Waals surface area contributed by atoms with Gasteiger partial charge in [0.15, 0.2) is 0 Å². The molecule has 0 bridgehead atoms. The van der Waals surface area contributed by atoms with Crippen molar-refractivity contribution >= 4 is 21.8 Å². The third kappa shape index (κ3) is 4.11. The Morgan fingerprint density at radius 2 is 2.29 bits per heavy atom. The van der Waals surface area contributed by atoms with E-state index >= 15 is 0 Å². The van der Waals surface area contributed by atoms with Gasteiger partial charge in [0.1, 0.15) is 0 Å². The van der Waals surface area contributed by atoms with Crippen LogP contribution in [0.2, 0.25) is 0 Å². The normalized spacial score (nSPS) is 12.5. The minimum Gasteiger partial charge on any atom is -0.358 e. The summed E-state index contributed by atoms with van der Waals surface area (Å²) in [5, 5.41) is 2.61. The van der Waals surface area contributed by atoms with E-state index in [9.17, 15) is 4.79 Å². The molecule has 1 amide bonds. The number of likely N-dealkylation sites (N-methyl/N-ethyl adjacent to an activating group) is 2. The fourth-order valence-corrected chi connectivity index (χ4v) is 2.12. The summed E-state index contributed by atoms with van der Waals surface area (Å²) in [6, 6.07) is 8.02. The fourth-order valence-electron chi connectivity index (χ4n) is 1.70. The van der Waals surface area contributed by atoms with Gasteiger partial charge in [-0.2, -0.15) is 0 Å². The Morgan fingerprint density at radius 3 is 2.82 bits per heavy atom. The Kier molecular flexibility index (Phi) is 5.61. The third-order valence-corrected chi connectivity index (χ3v) is 3.15. The molecule has 1 aromatic rings. The first-order valence-electron chi connectivity index (χ1n) is 5.44. The maximum Gasteiger partial charge on any atom is 0.233 e. The van der Waals surface area contributed by atoms with Crippen LogP contribution in [0, 0.1) is 0 Å². The molecule has 0 spiro atoms. The first-order chi connectivity index (χ1) is 8.08. The highest BCUT2D eigenvalue weighted by Gasteiger charge is 2.17. The van der Waals surface area contributed by atoms with E-state index in [1.807, 2.05) is 36.2 Å². The van der Waals surface area contributed by atoms with E-state index in [0.29, 0.717) is 13.1 Å². The van der Waals surface area contributed by atoms with E-state index in [2.05, 4.69) is 21.2 Å². The second-order valence-corrected chi connectivity index (χ2v) is 4.81. The number of halogens is 1. The molecule has 0 saturated carbocycles. The molecular formula is C12H18BrN3O. The van der Waals surface area contributed by atoms with Crippen molar-refractivity contribution in [1.82, 2.24) is 10.2 Å². The molecule has 0 aliphatic rings. The molecule has 0 radical (unpaired) electrons. The van der Waals surface area contributed by atoms with Gasteiger partial charge in [0.25, 0.3) is 0 Å². The van der Waals surface area contributed by atoms with Crippen molar-refractivity contribution in [2.24, 2.45) is 5.73 Å². The van der Waals surface area contributed by atoms with E-state index in [4.69, 9.17) is 5.73 Å². The smallest absolute Gasteiger partial charge is 0.233 e. The molecule has 0 aliphatic carbocycles. The number of amides is 1. The zero-order valence-electron chi connectivity index (χ0n) is 10.1. The summed E-state index contributed by atoms with van der Waals surface area (Å²) in [5.41, 5.74) is 6.89. The van der Waals surface area contributed by atoms with Crippen LogP contribution in [0.25, 0.3) is 0 Å². The molecule has 0 saturated heterocycles. The summed E-state index contributed by atoms with van der Waals surface area (Å²) in [5.74, 6) is -0.0130. The molecule has 0 fully saturated rings. The molecule has 94 valence electrons. The number of carbonyl (C=O) groups is 1. The molecule has 1 aromatic carbocycles. The van der Waals surface area contributed by atoms with Crippen molar-refractivity contribution in [2.45, 2.75) is 6.04 Å². The Morgan fingerprint density at radius 1 is 1.59 bits per heavy atom. The SMILES string of the molecule is CNC(=O)CN(C)C(CN)c1cccc(Br)c1. The Labute approximate surface area is 110 Å². The lowest BCUT2D eigenvalue weighted by Gasteiger charge is -2.26. The topological polar surface area (TPSA) is 58.4 Å². The monoisotopic (exact) mass is 299 g/mol. The number of benzene rings is 1. The molecule has 3 N–H and O–H groups in total. The summed E-state index contributed by atoms with van der Waals surface area (Å²) in [6.45, 7) is 0.814. The van der Waals surface area contributed by atoms with Crippen LogP contribution >= 0.6 is 15.9 Å². The Hall–Kier alpha value is -0.910. The lowest BCUT2D eigenvalue weighted by molar-refractivity contribution is -0.121. The number of nitrogens with zero attached hydrogens (tertiary/aromatic N) is 1. The van der Waals surface area contributed by atoms with Crippen LogP contribution in [0.3, 0.4) is 0 Å². The van der Waals surface area contributed by atoms with E-state index in [1.165, 1.54) is 0 Å². The van der Waals surface area contributed by atoms with Crippen LogP contribution in [0.5, 0.6) is 0 Å². The number of nitrogens with one attached hydrogen (secondary N) is 1. The van der Waals surface area contributed by atoms with Crippen molar-refractivity contribution in [1.29, 1.82) is 0 Å². The molecular weight excluding hydrogens is 282 g/mol. The maximum atomic E-state index is 11.3. The van der Waals surface area contributed by atoms with E-state index in [1.54, 1.807) is 7.05 Å². The molecule has 4 nitrogen and oxygen atoms in total. The van der Waals surface area contributed by atoms with Crippen molar-refractivity contribution in [3.8, 4) is 0 Å². The Balaban J connectivity index is 2.80. The average Bonchev–Trinajstić information content (AvgIpc) is 2.30. The molecule has 1 rings (SSSR count). The summed E-state index contributed by atoms with van der Waals surface area (Å²) >= 11 is 3.43. The van der Waals surface area contributed by atoms with Gasteiger partial charge in [-0.25, -0.2) is 0 Å². The molecule has 17 heavy (non-hydrogen) atoms. The zero-order valence-corrected chi connectivity index (χ0v) is 11.7. The van der Waals surface area contributed by atoms with E-state index in [-0.39, 0.29) is 11.9 Å². The van der Waals surface area contributed by atoms with Gasteiger partial charge < -0.3 is 11.1 Å². The van der Waals surface area contributed by atoms with Gasteiger partial charge >= 0.3 is 0 Å². The molecule has 0 aliphatic heterocycles. The van der Waals surface area contributed by atoms with Gasteiger partial charge in [0.05, 0.1) is 6.54 Å². The standard InChI is InChI=1S/C12H18BrN3O/c1-15-12(17)8-16(2)11(7-14)9-4-3-5-10(13)6-9/h3-6,11H,7-8,14H2,1-2H3,(H,15,17). The van der Waals surface area contributed by atoms with Crippen molar-refractivity contribution in [3.63, 3.8) is 0 Å². The highest BCUT2D eigenvalue weighted by molar-refractivity contribution is 9.10. The van der Waals surface area contributed by atoms with Gasteiger partial charge in [0.2, 0.25) is 5.91 Å². The summed E-state index contributed by atoms with van der Waals surface area (Å²) in [7, 11) is 3.53. The zero-order chi connectivity index (χ0) is 12.8. The minimum atomic E-state index is -0.0130. The lowest BCUT2D eigenvalue weighted by atomic mass is 10.1.